The molecule has 1 aromatic carbocycles. The van der Waals surface area contributed by atoms with Crippen molar-refractivity contribution in [3.8, 4) is 5.75 Å². The number of hydrogen-bond donors (Lipinski definition) is 2. The van der Waals surface area contributed by atoms with E-state index < -0.39 is 42.0 Å². The lowest BCUT2D eigenvalue weighted by molar-refractivity contribution is -0.165. The number of rotatable bonds is 5. The molecule has 140 valence electrons. The first kappa shape index (κ1) is 19.4. The van der Waals surface area contributed by atoms with E-state index in [9.17, 15) is 26.7 Å². The highest BCUT2D eigenvalue weighted by atomic mass is 19.4. The van der Waals surface area contributed by atoms with E-state index in [-0.39, 0.29) is 6.04 Å². The van der Waals surface area contributed by atoms with E-state index in [4.69, 9.17) is 0 Å². The van der Waals surface area contributed by atoms with Crippen LogP contribution in [0.3, 0.4) is 0 Å². The summed E-state index contributed by atoms with van der Waals surface area (Å²) in [4.78, 5) is 12.3. The van der Waals surface area contributed by atoms with E-state index in [0.29, 0.717) is 19.4 Å². The van der Waals surface area contributed by atoms with E-state index in [0.717, 1.165) is 12.1 Å². The van der Waals surface area contributed by atoms with Crippen molar-refractivity contribution in [2.45, 2.75) is 44.6 Å². The summed E-state index contributed by atoms with van der Waals surface area (Å²) in [6.45, 7) is -0.899. The number of amides is 1. The van der Waals surface area contributed by atoms with Crippen LogP contribution in [0, 0.1) is 5.92 Å². The highest BCUT2D eigenvalue weighted by Gasteiger charge is 2.44. The zero-order valence-electron chi connectivity index (χ0n) is 13.4. The molecular formula is C16H19F5N2O2. The summed E-state index contributed by atoms with van der Waals surface area (Å²) in [5, 5.41) is 5.07. The molecule has 1 aromatic rings. The van der Waals surface area contributed by atoms with Gasteiger partial charge in [-0.3, -0.25) is 4.79 Å². The Morgan fingerprint density at radius 1 is 1.32 bits per heavy atom. The minimum atomic E-state index is -4.85. The van der Waals surface area contributed by atoms with Crippen LogP contribution in [0.5, 0.6) is 5.75 Å². The summed E-state index contributed by atoms with van der Waals surface area (Å²) < 4.78 is 69.5. The van der Waals surface area contributed by atoms with E-state index in [1.165, 1.54) is 12.1 Å². The molecule has 1 amide bonds. The summed E-state index contributed by atoms with van der Waals surface area (Å²) in [5.74, 6) is -1.93. The average Bonchev–Trinajstić information content (AvgIpc) is 2.51. The number of carbonyl (C=O) groups is 1. The van der Waals surface area contributed by atoms with Crippen LogP contribution in [0.15, 0.2) is 24.3 Å². The van der Waals surface area contributed by atoms with Crippen LogP contribution in [0.25, 0.3) is 0 Å². The van der Waals surface area contributed by atoms with Crippen LogP contribution >= 0.6 is 0 Å². The molecule has 0 radical (unpaired) electrons. The van der Waals surface area contributed by atoms with E-state index >= 15 is 0 Å². The normalized spacial score (nSPS) is 22.5. The van der Waals surface area contributed by atoms with Gasteiger partial charge in [-0.2, -0.15) is 22.0 Å². The third kappa shape index (κ3) is 5.29. The molecule has 1 aliphatic rings. The highest BCUT2D eigenvalue weighted by molar-refractivity contribution is 5.79. The van der Waals surface area contributed by atoms with Crippen molar-refractivity contribution < 1.29 is 31.5 Å². The molecule has 25 heavy (non-hydrogen) atoms. The number of ether oxygens (including phenoxy) is 1. The number of carbonyl (C=O) groups excluding carboxylic acids is 1. The Bertz CT molecular complexity index is 594. The summed E-state index contributed by atoms with van der Waals surface area (Å²) in [5.41, 5.74) is -0.550. The van der Waals surface area contributed by atoms with Crippen LogP contribution < -0.4 is 15.4 Å². The van der Waals surface area contributed by atoms with Crippen molar-refractivity contribution >= 4 is 5.91 Å². The number of benzene rings is 1. The SMILES string of the molecule is C[C@H]1C[C@@H](C(=O)NC(c2ccccc2OC(F)F)C(F)(F)F)CCN1. The second-order valence-electron chi connectivity index (χ2n) is 5.98. The minimum Gasteiger partial charge on any atom is -0.434 e. The minimum absolute atomic E-state index is 0.0169. The maximum Gasteiger partial charge on any atom is 0.413 e. The van der Waals surface area contributed by atoms with Gasteiger partial charge in [0.15, 0.2) is 6.04 Å². The molecule has 1 heterocycles. The Hall–Kier alpha value is -1.90. The van der Waals surface area contributed by atoms with Gasteiger partial charge in [0, 0.05) is 17.5 Å². The fourth-order valence-electron chi connectivity index (χ4n) is 2.89. The maximum atomic E-state index is 13.5. The lowest BCUT2D eigenvalue weighted by Gasteiger charge is -2.30. The molecule has 1 fully saturated rings. The molecule has 2 rings (SSSR count). The molecule has 0 aliphatic carbocycles. The zero-order chi connectivity index (χ0) is 18.6. The number of para-hydroxylation sites is 1. The Labute approximate surface area is 141 Å². The molecule has 1 saturated heterocycles. The number of nitrogens with one attached hydrogen (secondary N) is 2. The lowest BCUT2D eigenvalue weighted by atomic mass is 9.92. The van der Waals surface area contributed by atoms with Crippen molar-refractivity contribution in [2.24, 2.45) is 5.92 Å². The Balaban J connectivity index is 2.24. The van der Waals surface area contributed by atoms with Gasteiger partial charge < -0.3 is 15.4 Å². The van der Waals surface area contributed by atoms with Gasteiger partial charge in [0.05, 0.1) is 0 Å². The monoisotopic (exact) mass is 366 g/mol. The zero-order valence-corrected chi connectivity index (χ0v) is 13.4. The molecule has 0 saturated carbocycles. The predicted octanol–water partition coefficient (Wildman–Crippen LogP) is 3.40. The molecular weight excluding hydrogens is 347 g/mol. The largest absolute Gasteiger partial charge is 0.434 e. The van der Waals surface area contributed by atoms with Crippen LogP contribution in [-0.2, 0) is 4.79 Å². The van der Waals surface area contributed by atoms with Crippen molar-refractivity contribution in [3.05, 3.63) is 29.8 Å². The summed E-state index contributed by atoms with van der Waals surface area (Å²) in [6.07, 6.45) is -4.03. The van der Waals surface area contributed by atoms with Crippen LogP contribution in [-0.4, -0.2) is 31.3 Å². The van der Waals surface area contributed by atoms with Gasteiger partial charge in [0.1, 0.15) is 5.75 Å². The molecule has 0 bridgehead atoms. The molecule has 1 unspecified atom stereocenters. The van der Waals surface area contributed by atoms with Gasteiger partial charge in [-0.05, 0) is 32.4 Å². The fourth-order valence-corrected chi connectivity index (χ4v) is 2.89. The van der Waals surface area contributed by atoms with Gasteiger partial charge in [-0.1, -0.05) is 18.2 Å². The lowest BCUT2D eigenvalue weighted by Crippen LogP contribution is -2.46. The van der Waals surface area contributed by atoms with Crippen molar-refractivity contribution in [3.63, 3.8) is 0 Å². The summed E-state index contributed by atoms with van der Waals surface area (Å²) >= 11 is 0. The second-order valence-corrected chi connectivity index (χ2v) is 5.98. The second kappa shape index (κ2) is 7.99. The van der Waals surface area contributed by atoms with Crippen molar-refractivity contribution in [1.29, 1.82) is 0 Å². The molecule has 3 atom stereocenters. The Morgan fingerprint density at radius 3 is 2.60 bits per heavy atom. The third-order valence-corrected chi connectivity index (χ3v) is 4.05. The number of hydrogen-bond acceptors (Lipinski definition) is 3. The van der Waals surface area contributed by atoms with Gasteiger partial charge in [-0.25, -0.2) is 0 Å². The third-order valence-electron chi connectivity index (χ3n) is 4.05. The van der Waals surface area contributed by atoms with Gasteiger partial charge in [0.2, 0.25) is 5.91 Å². The van der Waals surface area contributed by atoms with E-state index in [1.54, 1.807) is 0 Å². The smallest absolute Gasteiger partial charge is 0.413 e. The molecule has 4 nitrogen and oxygen atoms in total. The van der Waals surface area contributed by atoms with E-state index in [2.05, 4.69) is 10.1 Å². The van der Waals surface area contributed by atoms with Gasteiger partial charge >= 0.3 is 12.8 Å². The molecule has 1 aliphatic heterocycles. The first-order valence-electron chi connectivity index (χ1n) is 7.82. The Kier molecular flexibility index (Phi) is 6.21. The number of alkyl halides is 5. The topological polar surface area (TPSA) is 50.4 Å². The molecule has 9 heteroatoms. The van der Waals surface area contributed by atoms with Crippen molar-refractivity contribution in [2.75, 3.05) is 6.54 Å². The first-order valence-corrected chi connectivity index (χ1v) is 7.82. The molecule has 0 aromatic heterocycles. The molecule has 2 N–H and O–H groups in total. The summed E-state index contributed by atoms with van der Waals surface area (Å²) in [7, 11) is 0. The first-order chi connectivity index (χ1) is 11.7. The quantitative estimate of drug-likeness (QED) is 0.786. The summed E-state index contributed by atoms with van der Waals surface area (Å²) in [6, 6.07) is 2.18. The number of halogens is 5. The average molecular weight is 366 g/mol. The van der Waals surface area contributed by atoms with Crippen LogP contribution in [0.2, 0.25) is 0 Å². The maximum absolute atomic E-state index is 13.5. The highest BCUT2D eigenvalue weighted by Crippen LogP contribution is 2.38. The van der Waals surface area contributed by atoms with Crippen LogP contribution in [0.1, 0.15) is 31.4 Å². The Morgan fingerprint density at radius 2 is 2.00 bits per heavy atom. The molecule has 0 spiro atoms. The van der Waals surface area contributed by atoms with Gasteiger partial charge in [-0.15, -0.1) is 0 Å². The van der Waals surface area contributed by atoms with Crippen LogP contribution in [0.4, 0.5) is 22.0 Å². The fraction of sp³-hybridized carbons (Fsp3) is 0.562. The predicted molar refractivity (Wildman–Crippen MR) is 80.2 cm³/mol. The van der Waals surface area contributed by atoms with Crippen molar-refractivity contribution in [1.82, 2.24) is 10.6 Å². The number of piperidine rings is 1. The van der Waals surface area contributed by atoms with Gasteiger partial charge in [0.25, 0.3) is 0 Å². The van der Waals surface area contributed by atoms with E-state index in [1.807, 2.05) is 12.2 Å². The standard InChI is InChI=1S/C16H19F5N2O2/c1-9-8-10(6-7-22-9)14(24)23-13(16(19,20)21)11-4-2-3-5-12(11)25-15(17)18/h2-5,9-10,13,15,22H,6-8H2,1H3,(H,23,24)/t9-,10-,13?/m0/s1.